The lowest BCUT2D eigenvalue weighted by molar-refractivity contribution is -0.130. The van der Waals surface area contributed by atoms with E-state index in [1.807, 2.05) is 17.0 Å². The minimum Gasteiger partial charge on any atom is -0.508 e. The molecule has 21 heavy (non-hydrogen) atoms. The Bertz CT molecular complexity index is 522. The summed E-state index contributed by atoms with van der Waals surface area (Å²) in [6.45, 7) is 8.39. The number of phenolic OH excluding ortho intramolecular Hbond substituents is 1. The van der Waals surface area contributed by atoms with E-state index in [1.165, 1.54) is 0 Å². The van der Waals surface area contributed by atoms with Crippen molar-refractivity contribution in [3.8, 4) is 11.5 Å². The van der Waals surface area contributed by atoms with Crippen molar-refractivity contribution in [1.29, 1.82) is 0 Å². The number of piperazine rings is 1. The minimum atomic E-state index is -0.0887. The second-order valence-corrected chi connectivity index (χ2v) is 5.15. The maximum atomic E-state index is 11.4. The van der Waals surface area contributed by atoms with Crippen molar-refractivity contribution in [2.75, 3.05) is 33.3 Å². The number of amides is 1. The molecular formula is C16H22N2O3. The standard InChI is InChI=1S/C16H22N2O3/c1-4-15(14-11-13(21-3)5-6-16(14)20)18-9-7-17(8-10-18)12(2)19/h4-6,11,15,20H,1,7-10H2,2-3H3. The van der Waals surface area contributed by atoms with Gasteiger partial charge in [-0.25, -0.2) is 0 Å². The van der Waals surface area contributed by atoms with Crippen molar-refractivity contribution in [3.05, 3.63) is 36.4 Å². The Morgan fingerprint density at radius 3 is 2.57 bits per heavy atom. The number of hydrogen-bond acceptors (Lipinski definition) is 4. The van der Waals surface area contributed by atoms with Crippen molar-refractivity contribution in [2.24, 2.45) is 0 Å². The van der Waals surface area contributed by atoms with Gasteiger partial charge in [-0.15, -0.1) is 6.58 Å². The highest BCUT2D eigenvalue weighted by Crippen LogP contribution is 2.33. The first kappa shape index (κ1) is 15.4. The second-order valence-electron chi connectivity index (χ2n) is 5.15. The number of carbonyl (C=O) groups is 1. The highest BCUT2D eigenvalue weighted by molar-refractivity contribution is 5.73. The van der Waals surface area contributed by atoms with E-state index in [1.54, 1.807) is 26.2 Å². The molecule has 1 aromatic rings. The summed E-state index contributed by atoms with van der Waals surface area (Å²) in [6.07, 6.45) is 1.82. The summed E-state index contributed by atoms with van der Waals surface area (Å²) < 4.78 is 5.22. The number of rotatable bonds is 4. The van der Waals surface area contributed by atoms with Gasteiger partial charge in [-0.05, 0) is 18.2 Å². The SMILES string of the molecule is C=CC(c1cc(OC)ccc1O)N1CCN(C(C)=O)CC1. The lowest BCUT2D eigenvalue weighted by atomic mass is 10.0. The highest BCUT2D eigenvalue weighted by Gasteiger charge is 2.25. The molecule has 0 aliphatic carbocycles. The molecule has 1 aliphatic rings. The number of nitrogens with zero attached hydrogens (tertiary/aromatic N) is 2. The molecule has 0 aromatic heterocycles. The van der Waals surface area contributed by atoms with Crippen LogP contribution in [0.5, 0.6) is 11.5 Å². The van der Waals surface area contributed by atoms with Gasteiger partial charge in [-0.3, -0.25) is 9.69 Å². The molecule has 0 radical (unpaired) electrons. The fraction of sp³-hybridized carbons (Fsp3) is 0.438. The predicted molar refractivity (Wildman–Crippen MR) is 81.4 cm³/mol. The Morgan fingerprint density at radius 1 is 1.38 bits per heavy atom. The molecule has 1 unspecified atom stereocenters. The Labute approximate surface area is 125 Å². The number of methoxy groups -OCH3 is 1. The van der Waals surface area contributed by atoms with Crippen LogP contribution in [0.4, 0.5) is 0 Å². The highest BCUT2D eigenvalue weighted by atomic mass is 16.5. The van der Waals surface area contributed by atoms with E-state index < -0.39 is 0 Å². The first-order chi connectivity index (χ1) is 10.1. The van der Waals surface area contributed by atoms with Gasteiger partial charge < -0.3 is 14.7 Å². The van der Waals surface area contributed by atoms with Crippen LogP contribution in [0, 0.1) is 0 Å². The molecule has 1 aromatic carbocycles. The number of carbonyl (C=O) groups excluding carboxylic acids is 1. The molecular weight excluding hydrogens is 268 g/mol. The largest absolute Gasteiger partial charge is 0.508 e. The minimum absolute atomic E-state index is 0.0887. The van der Waals surface area contributed by atoms with E-state index >= 15 is 0 Å². The van der Waals surface area contributed by atoms with E-state index in [-0.39, 0.29) is 17.7 Å². The van der Waals surface area contributed by atoms with Crippen molar-refractivity contribution < 1.29 is 14.6 Å². The van der Waals surface area contributed by atoms with Crippen LogP contribution in [0.1, 0.15) is 18.5 Å². The van der Waals surface area contributed by atoms with Crippen LogP contribution in [-0.2, 0) is 4.79 Å². The third kappa shape index (κ3) is 3.36. The molecule has 114 valence electrons. The van der Waals surface area contributed by atoms with Crippen LogP contribution in [0.25, 0.3) is 0 Å². The molecule has 1 atom stereocenters. The van der Waals surface area contributed by atoms with Gasteiger partial charge >= 0.3 is 0 Å². The molecule has 0 spiro atoms. The summed E-state index contributed by atoms with van der Waals surface area (Å²) in [4.78, 5) is 15.4. The Hall–Kier alpha value is -2.01. The Balaban J connectivity index is 2.17. The number of benzene rings is 1. The summed E-state index contributed by atoms with van der Waals surface area (Å²) in [7, 11) is 1.60. The van der Waals surface area contributed by atoms with Crippen molar-refractivity contribution >= 4 is 5.91 Å². The number of hydrogen-bond donors (Lipinski definition) is 1. The van der Waals surface area contributed by atoms with Crippen LogP contribution in [-0.4, -0.2) is 54.1 Å². The Morgan fingerprint density at radius 2 is 2.05 bits per heavy atom. The zero-order valence-electron chi connectivity index (χ0n) is 12.6. The van der Waals surface area contributed by atoms with E-state index in [9.17, 15) is 9.90 Å². The van der Waals surface area contributed by atoms with Crippen LogP contribution in [0.2, 0.25) is 0 Å². The van der Waals surface area contributed by atoms with Gasteiger partial charge in [0.05, 0.1) is 13.2 Å². The quantitative estimate of drug-likeness (QED) is 0.859. The average molecular weight is 290 g/mol. The summed E-state index contributed by atoms with van der Waals surface area (Å²) in [5.74, 6) is 1.04. The van der Waals surface area contributed by atoms with Crippen LogP contribution >= 0.6 is 0 Å². The zero-order chi connectivity index (χ0) is 15.4. The summed E-state index contributed by atoms with van der Waals surface area (Å²) >= 11 is 0. The van der Waals surface area contributed by atoms with Gasteiger partial charge in [0.2, 0.25) is 5.91 Å². The monoisotopic (exact) mass is 290 g/mol. The lowest BCUT2D eigenvalue weighted by Gasteiger charge is -2.38. The second kappa shape index (κ2) is 6.63. The molecule has 1 fully saturated rings. The van der Waals surface area contributed by atoms with Gasteiger partial charge in [-0.1, -0.05) is 6.08 Å². The van der Waals surface area contributed by atoms with Crippen LogP contribution in [0.15, 0.2) is 30.9 Å². The van der Waals surface area contributed by atoms with Crippen molar-refractivity contribution in [1.82, 2.24) is 9.80 Å². The molecule has 5 heteroatoms. The zero-order valence-corrected chi connectivity index (χ0v) is 12.6. The van der Waals surface area contributed by atoms with Gasteiger partial charge in [-0.2, -0.15) is 0 Å². The Kier molecular flexibility index (Phi) is 4.85. The van der Waals surface area contributed by atoms with E-state index in [4.69, 9.17) is 4.74 Å². The smallest absolute Gasteiger partial charge is 0.219 e. The summed E-state index contributed by atoms with van der Waals surface area (Å²) in [5.41, 5.74) is 0.778. The fourth-order valence-electron chi connectivity index (χ4n) is 2.68. The molecule has 1 amide bonds. The predicted octanol–water partition coefficient (Wildman–Crippen LogP) is 1.79. The third-order valence-electron chi connectivity index (χ3n) is 3.93. The van der Waals surface area contributed by atoms with Gasteiger partial charge in [0.1, 0.15) is 11.5 Å². The lowest BCUT2D eigenvalue weighted by Crippen LogP contribution is -2.48. The first-order valence-corrected chi connectivity index (χ1v) is 7.06. The van der Waals surface area contributed by atoms with E-state index in [0.717, 1.165) is 18.7 Å². The topological polar surface area (TPSA) is 53.0 Å². The molecule has 0 bridgehead atoms. The summed E-state index contributed by atoms with van der Waals surface area (Å²) in [5, 5.41) is 10.1. The normalized spacial score (nSPS) is 17.3. The van der Waals surface area contributed by atoms with Gasteiger partial charge in [0.15, 0.2) is 0 Å². The molecule has 0 saturated carbocycles. The molecule has 1 heterocycles. The van der Waals surface area contributed by atoms with E-state index in [2.05, 4.69) is 11.5 Å². The fourth-order valence-corrected chi connectivity index (χ4v) is 2.68. The maximum absolute atomic E-state index is 11.4. The third-order valence-corrected chi connectivity index (χ3v) is 3.93. The van der Waals surface area contributed by atoms with Crippen LogP contribution < -0.4 is 4.74 Å². The number of aromatic hydroxyl groups is 1. The van der Waals surface area contributed by atoms with Crippen molar-refractivity contribution in [2.45, 2.75) is 13.0 Å². The molecule has 2 rings (SSSR count). The molecule has 5 nitrogen and oxygen atoms in total. The van der Waals surface area contributed by atoms with Gasteiger partial charge in [0.25, 0.3) is 0 Å². The number of phenols is 1. The van der Waals surface area contributed by atoms with Gasteiger partial charge in [0, 0.05) is 38.7 Å². The molecule has 1 aliphatic heterocycles. The first-order valence-electron chi connectivity index (χ1n) is 7.06. The average Bonchev–Trinajstić information content (AvgIpc) is 2.50. The summed E-state index contributed by atoms with van der Waals surface area (Å²) in [6, 6.07) is 5.11. The number of ether oxygens (including phenoxy) is 1. The van der Waals surface area contributed by atoms with E-state index in [0.29, 0.717) is 18.8 Å². The van der Waals surface area contributed by atoms with Crippen molar-refractivity contribution in [3.63, 3.8) is 0 Å². The van der Waals surface area contributed by atoms with Crippen LogP contribution in [0.3, 0.4) is 0 Å². The maximum Gasteiger partial charge on any atom is 0.219 e. The molecule has 1 saturated heterocycles. The molecule has 1 N–H and O–H groups in total.